The number of hydrogen-bond donors (Lipinski definition) is 0. The van der Waals surface area contributed by atoms with Crippen LogP contribution in [0.4, 0.5) is 0 Å². The molecule has 2 rings (SSSR count). The average Bonchev–Trinajstić information content (AvgIpc) is 2.48. The molecule has 0 fully saturated rings. The maximum absolute atomic E-state index is 3.12. The maximum atomic E-state index is 3.12. The summed E-state index contributed by atoms with van der Waals surface area (Å²) in [5, 5.41) is 1.24. The van der Waals surface area contributed by atoms with Gasteiger partial charge in [0.05, 0.1) is 0 Å². The van der Waals surface area contributed by atoms with Crippen LogP contribution in [0.25, 0.3) is 0 Å². The second-order valence-electron chi connectivity index (χ2n) is 3.99. The molecule has 0 atom stereocenters. The van der Waals surface area contributed by atoms with Crippen LogP contribution in [0, 0.1) is 11.8 Å². The summed E-state index contributed by atoms with van der Waals surface area (Å²) in [4.78, 5) is 0. The zero-order chi connectivity index (χ0) is 13.2. The van der Waals surface area contributed by atoms with Crippen LogP contribution in [-0.4, -0.2) is 15.0 Å². The van der Waals surface area contributed by atoms with Gasteiger partial charge in [0.25, 0.3) is 0 Å². The van der Waals surface area contributed by atoms with Crippen molar-refractivity contribution in [1.82, 2.24) is 0 Å². The minimum absolute atomic E-state index is 0.582. The number of allylic oxidation sites excluding steroid dienone is 2. The summed E-state index contributed by atoms with van der Waals surface area (Å²) >= 11 is 0.582. The Hall–Kier alpha value is -1.74. The Kier molecular flexibility index (Phi) is 6.03. The SMILES string of the molecule is C(#Cc1ccccc1)/C=C/CC[Se]c1ccccc1. The van der Waals surface area contributed by atoms with Crippen LogP contribution in [-0.2, 0) is 0 Å². The van der Waals surface area contributed by atoms with Crippen LogP contribution in [0.1, 0.15) is 12.0 Å². The Morgan fingerprint density at radius 2 is 1.58 bits per heavy atom. The second-order valence-corrected chi connectivity index (χ2v) is 6.44. The molecule has 0 aliphatic carbocycles. The third kappa shape index (κ3) is 5.62. The molecule has 2 aromatic rings. The third-order valence-corrected chi connectivity index (χ3v) is 4.68. The first kappa shape index (κ1) is 13.7. The summed E-state index contributed by atoms with van der Waals surface area (Å²) < 4.78 is 1.47. The van der Waals surface area contributed by atoms with Gasteiger partial charge < -0.3 is 0 Å². The first-order valence-corrected chi connectivity index (χ1v) is 8.41. The molecule has 0 aliphatic rings. The van der Waals surface area contributed by atoms with Gasteiger partial charge in [-0.3, -0.25) is 0 Å². The fourth-order valence-electron chi connectivity index (χ4n) is 1.55. The van der Waals surface area contributed by atoms with E-state index in [0.29, 0.717) is 15.0 Å². The predicted molar refractivity (Wildman–Crippen MR) is 83.7 cm³/mol. The van der Waals surface area contributed by atoms with E-state index in [9.17, 15) is 0 Å². The van der Waals surface area contributed by atoms with Gasteiger partial charge in [-0.2, -0.15) is 0 Å². The molecule has 2 aromatic carbocycles. The van der Waals surface area contributed by atoms with Crippen LogP contribution in [0.5, 0.6) is 0 Å². The molecular formula is C18H16Se. The van der Waals surface area contributed by atoms with E-state index < -0.39 is 0 Å². The Morgan fingerprint density at radius 3 is 2.32 bits per heavy atom. The number of benzene rings is 2. The van der Waals surface area contributed by atoms with E-state index in [1.807, 2.05) is 36.4 Å². The van der Waals surface area contributed by atoms with Gasteiger partial charge in [-0.25, -0.2) is 0 Å². The van der Waals surface area contributed by atoms with Crippen molar-refractivity contribution in [3.8, 4) is 11.8 Å². The Bertz CT molecular complexity index is 559. The fourth-order valence-corrected chi connectivity index (χ4v) is 3.31. The van der Waals surface area contributed by atoms with Crippen molar-refractivity contribution in [3.63, 3.8) is 0 Å². The monoisotopic (exact) mass is 312 g/mol. The normalized spacial score (nSPS) is 10.1. The van der Waals surface area contributed by atoms with Crippen molar-refractivity contribution in [2.45, 2.75) is 11.7 Å². The first-order valence-electron chi connectivity index (χ1n) is 6.34. The zero-order valence-electron chi connectivity index (χ0n) is 10.8. The minimum atomic E-state index is 0.582. The van der Waals surface area contributed by atoms with Crippen molar-refractivity contribution in [1.29, 1.82) is 0 Å². The number of hydrogen-bond acceptors (Lipinski definition) is 0. The van der Waals surface area contributed by atoms with Crippen LogP contribution in [0.3, 0.4) is 0 Å². The molecule has 19 heavy (non-hydrogen) atoms. The molecule has 0 saturated carbocycles. The molecular weight excluding hydrogens is 295 g/mol. The summed E-state index contributed by atoms with van der Waals surface area (Å²) in [6.07, 6.45) is 5.24. The van der Waals surface area contributed by atoms with Crippen molar-refractivity contribution >= 4 is 19.4 Å². The van der Waals surface area contributed by atoms with Gasteiger partial charge in [-0.1, -0.05) is 0 Å². The molecule has 0 bridgehead atoms. The Balaban J connectivity index is 1.69. The third-order valence-electron chi connectivity index (χ3n) is 2.49. The quantitative estimate of drug-likeness (QED) is 0.461. The molecule has 0 aromatic heterocycles. The Labute approximate surface area is 121 Å². The van der Waals surface area contributed by atoms with Gasteiger partial charge in [0.2, 0.25) is 0 Å². The summed E-state index contributed by atoms with van der Waals surface area (Å²) in [6, 6.07) is 20.8. The van der Waals surface area contributed by atoms with Crippen LogP contribution in [0.2, 0.25) is 5.32 Å². The van der Waals surface area contributed by atoms with Crippen LogP contribution < -0.4 is 4.46 Å². The molecule has 0 unspecified atom stereocenters. The molecule has 0 radical (unpaired) electrons. The number of rotatable bonds is 4. The van der Waals surface area contributed by atoms with E-state index in [1.165, 1.54) is 9.78 Å². The van der Waals surface area contributed by atoms with E-state index in [4.69, 9.17) is 0 Å². The molecule has 0 heterocycles. The zero-order valence-corrected chi connectivity index (χ0v) is 12.5. The van der Waals surface area contributed by atoms with Gasteiger partial charge in [0, 0.05) is 0 Å². The molecule has 94 valence electrons. The van der Waals surface area contributed by atoms with E-state index in [0.717, 1.165) is 12.0 Å². The summed E-state index contributed by atoms with van der Waals surface area (Å²) in [5.74, 6) is 6.20. The fraction of sp³-hybridized carbons (Fsp3) is 0.111. The molecule has 0 N–H and O–H groups in total. The first-order chi connectivity index (χ1) is 9.45. The van der Waals surface area contributed by atoms with Crippen LogP contribution in [0.15, 0.2) is 72.8 Å². The van der Waals surface area contributed by atoms with Gasteiger partial charge in [-0.05, 0) is 0 Å². The average molecular weight is 311 g/mol. The van der Waals surface area contributed by atoms with E-state index >= 15 is 0 Å². The summed E-state index contributed by atoms with van der Waals surface area (Å²) in [5.41, 5.74) is 1.07. The molecule has 0 nitrogen and oxygen atoms in total. The molecule has 0 amide bonds. The van der Waals surface area contributed by atoms with E-state index in [1.54, 1.807) is 0 Å². The van der Waals surface area contributed by atoms with E-state index in [2.05, 4.69) is 48.2 Å². The molecule has 0 spiro atoms. The molecule has 0 aliphatic heterocycles. The van der Waals surface area contributed by atoms with Gasteiger partial charge in [0.1, 0.15) is 0 Å². The summed E-state index contributed by atoms with van der Waals surface area (Å²) in [7, 11) is 0. The van der Waals surface area contributed by atoms with Crippen molar-refractivity contribution in [3.05, 3.63) is 78.4 Å². The summed E-state index contributed by atoms with van der Waals surface area (Å²) in [6.45, 7) is 0. The van der Waals surface area contributed by atoms with Gasteiger partial charge in [0.15, 0.2) is 0 Å². The van der Waals surface area contributed by atoms with Gasteiger partial charge in [-0.15, -0.1) is 0 Å². The molecule has 1 heteroatoms. The van der Waals surface area contributed by atoms with Crippen molar-refractivity contribution < 1.29 is 0 Å². The van der Waals surface area contributed by atoms with E-state index in [-0.39, 0.29) is 0 Å². The molecule has 0 saturated heterocycles. The van der Waals surface area contributed by atoms with Gasteiger partial charge >= 0.3 is 121 Å². The standard InChI is InChI=1S/C18H16Se/c1(5-11-17-12-6-3-7-13-17)2-10-16-19-18-14-8-4-9-15-18/h1-4,6-9,12-15H,10,16H2/b2-1+. The van der Waals surface area contributed by atoms with Crippen molar-refractivity contribution in [2.75, 3.05) is 0 Å². The second kappa shape index (κ2) is 8.38. The topological polar surface area (TPSA) is 0 Å². The predicted octanol–water partition coefficient (Wildman–Crippen LogP) is 3.43. The van der Waals surface area contributed by atoms with Crippen LogP contribution >= 0.6 is 0 Å². The Morgan fingerprint density at radius 1 is 0.895 bits per heavy atom. The van der Waals surface area contributed by atoms with Crippen molar-refractivity contribution in [2.24, 2.45) is 0 Å².